The van der Waals surface area contributed by atoms with Crippen molar-refractivity contribution >= 4 is 0 Å². The third-order valence-corrected chi connectivity index (χ3v) is 2.78. The number of rotatable bonds is 2. The van der Waals surface area contributed by atoms with Crippen LogP contribution in [0.2, 0.25) is 0 Å². The van der Waals surface area contributed by atoms with Crippen LogP contribution in [0.4, 0.5) is 0 Å². The van der Waals surface area contributed by atoms with Crippen molar-refractivity contribution in [3.8, 4) is 0 Å². The van der Waals surface area contributed by atoms with Gasteiger partial charge in [-0.3, -0.25) is 0 Å². The predicted molar refractivity (Wildman–Crippen MR) is 43.8 cm³/mol. The van der Waals surface area contributed by atoms with Gasteiger partial charge in [0.15, 0.2) is 0 Å². The Morgan fingerprint density at radius 2 is 1.54 bits per heavy atom. The van der Waals surface area contributed by atoms with E-state index in [4.69, 9.17) is 10.2 Å². The van der Waals surface area contributed by atoms with Gasteiger partial charge in [-0.1, -0.05) is 0 Å². The molecule has 5 atom stereocenters. The lowest BCUT2D eigenvalue weighted by atomic mass is 9.75. The summed E-state index contributed by atoms with van der Waals surface area (Å²) in [6.07, 6.45) is -3.19. The van der Waals surface area contributed by atoms with Crippen molar-refractivity contribution < 1.29 is 25.5 Å². The average molecular weight is 192 g/mol. The minimum absolute atomic E-state index is 0.202. The summed E-state index contributed by atoms with van der Waals surface area (Å²) >= 11 is 0. The largest absolute Gasteiger partial charge is 0.396 e. The van der Waals surface area contributed by atoms with Crippen LogP contribution in [-0.2, 0) is 0 Å². The first-order valence-corrected chi connectivity index (χ1v) is 4.37. The second kappa shape index (κ2) is 4.34. The molecule has 13 heavy (non-hydrogen) atoms. The zero-order valence-electron chi connectivity index (χ0n) is 7.24. The summed E-state index contributed by atoms with van der Waals surface area (Å²) in [5.74, 6) is -0.901. The Labute approximate surface area is 76.3 Å². The minimum Gasteiger partial charge on any atom is -0.396 e. The van der Waals surface area contributed by atoms with Crippen molar-refractivity contribution in [3.05, 3.63) is 0 Å². The smallest absolute Gasteiger partial charge is 0.106 e. The fraction of sp³-hybridized carbons (Fsp3) is 1.00. The molecule has 5 N–H and O–H groups in total. The van der Waals surface area contributed by atoms with Crippen LogP contribution in [0, 0.1) is 11.8 Å². The van der Waals surface area contributed by atoms with Gasteiger partial charge in [0.25, 0.3) is 0 Å². The molecule has 1 saturated carbocycles. The van der Waals surface area contributed by atoms with Gasteiger partial charge in [-0.2, -0.15) is 0 Å². The maximum atomic E-state index is 9.43. The predicted octanol–water partition coefficient (Wildman–Crippen LogP) is -2.31. The van der Waals surface area contributed by atoms with E-state index in [1.165, 1.54) is 0 Å². The van der Waals surface area contributed by atoms with Crippen LogP contribution >= 0.6 is 0 Å². The molecule has 0 heterocycles. The van der Waals surface area contributed by atoms with E-state index >= 15 is 0 Å². The molecule has 5 heteroatoms. The van der Waals surface area contributed by atoms with Gasteiger partial charge in [-0.05, 0) is 12.3 Å². The average Bonchev–Trinajstić information content (AvgIpc) is 2.13. The molecule has 1 aliphatic rings. The Kier molecular flexibility index (Phi) is 3.63. The van der Waals surface area contributed by atoms with E-state index in [0.717, 1.165) is 0 Å². The van der Waals surface area contributed by atoms with Crippen molar-refractivity contribution in [3.63, 3.8) is 0 Å². The molecular formula is C8H16O5. The van der Waals surface area contributed by atoms with Crippen LogP contribution in [0.3, 0.4) is 0 Å². The summed E-state index contributed by atoms with van der Waals surface area (Å²) in [6, 6.07) is 0. The van der Waals surface area contributed by atoms with E-state index in [0.29, 0.717) is 0 Å². The van der Waals surface area contributed by atoms with Crippen LogP contribution in [0.25, 0.3) is 0 Å². The SMILES string of the molecule is OC[C@H]1C[C@@H](O)[C@H](O)[C@@H](O)[C@H]1CO. The molecule has 0 aliphatic heterocycles. The van der Waals surface area contributed by atoms with Crippen LogP contribution in [0.5, 0.6) is 0 Å². The summed E-state index contributed by atoms with van der Waals surface area (Å²) in [5, 5.41) is 45.8. The molecule has 0 radical (unpaired) electrons. The first-order valence-electron chi connectivity index (χ1n) is 4.37. The molecule has 0 aromatic heterocycles. The van der Waals surface area contributed by atoms with E-state index in [1.807, 2.05) is 0 Å². The zero-order chi connectivity index (χ0) is 10.0. The fourth-order valence-corrected chi connectivity index (χ4v) is 1.85. The second-order valence-electron chi connectivity index (χ2n) is 3.57. The lowest BCUT2D eigenvalue weighted by molar-refractivity contribution is -0.144. The molecule has 5 nitrogen and oxygen atoms in total. The molecule has 1 rings (SSSR count). The maximum Gasteiger partial charge on any atom is 0.106 e. The molecular weight excluding hydrogens is 176 g/mol. The van der Waals surface area contributed by atoms with Gasteiger partial charge in [-0.15, -0.1) is 0 Å². The van der Waals surface area contributed by atoms with E-state index in [-0.39, 0.29) is 25.6 Å². The van der Waals surface area contributed by atoms with E-state index < -0.39 is 24.2 Å². The van der Waals surface area contributed by atoms with Crippen LogP contribution in [-0.4, -0.2) is 57.1 Å². The molecule has 0 saturated heterocycles. The lowest BCUT2D eigenvalue weighted by Crippen LogP contribution is -2.52. The molecule has 0 aromatic rings. The summed E-state index contributed by atoms with van der Waals surface area (Å²) in [4.78, 5) is 0. The third kappa shape index (κ3) is 2.00. The van der Waals surface area contributed by atoms with E-state index in [9.17, 15) is 15.3 Å². The van der Waals surface area contributed by atoms with Gasteiger partial charge in [0, 0.05) is 19.1 Å². The van der Waals surface area contributed by atoms with Crippen molar-refractivity contribution in [1.29, 1.82) is 0 Å². The van der Waals surface area contributed by atoms with Gasteiger partial charge in [0.05, 0.1) is 12.2 Å². The maximum absolute atomic E-state index is 9.43. The molecule has 0 bridgehead atoms. The highest BCUT2D eigenvalue weighted by atomic mass is 16.4. The van der Waals surface area contributed by atoms with Crippen molar-refractivity contribution in [1.82, 2.24) is 0 Å². The van der Waals surface area contributed by atoms with Crippen molar-refractivity contribution in [2.24, 2.45) is 11.8 Å². The number of aliphatic hydroxyl groups excluding tert-OH is 5. The lowest BCUT2D eigenvalue weighted by Gasteiger charge is -2.39. The van der Waals surface area contributed by atoms with Gasteiger partial charge in [0.1, 0.15) is 6.10 Å². The molecule has 0 aromatic carbocycles. The monoisotopic (exact) mass is 192 g/mol. The number of aliphatic hydroxyl groups is 5. The quantitative estimate of drug-likeness (QED) is 0.338. The molecule has 0 spiro atoms. The summed E-state index contributed by atoms with van der Waals surface area (Å²) in [6.45, 7) is -0.498. The second-order valence-corrected chi connectivity index (χ2v) is 3.57. The molecule has 78 valence electrons. The highest BCUT2D eigenvalue weighted by molar-refractivity contribution is 4.91. The van der Waals surface area contributed by atoms with Gasteiger partial charge in [0.2, 0.25) is 0 Å². The van der Waals surface area contributed by atoms with Crippen LogP contribution in [0.1, 0.15) is 6.42 Å². The minimum atomic E-state index is -1.22. The van der Waals surface area contributed by atoms with Gasteiger partial charge in [-0.25, -0.2) is 0 Å². The highest BCUT2D eigenvalue weighted by Gasteiger charge is 2.41. The Balaban J connectivity index is 2.69. The molecule has 0 amide bonds. The number of hydrogen-bond acceptors (Lipinski definition) is 5. The Morgan fingerprint density at radius 3 is 2.00 bits per heavy atom. The van der Waals surface area contributed by atoms with Gasteiger partial charge >= 0.3 is 0 Å². The fourth-order valence-electron chi connectivity index (χ4n) is 1.85. The van der Waals surface area contributed by atoms with Crippen molar-refractivity contribution in [2.45, 2.75) is 24.7 Å². The van der Waals surface area contributed by atoms with E-state index in [2.05, 4.69) is 0 Å². The third-order valence-electron chi connectivity index (χ3n) is 2.78. The normalized spacial score (nSPS) is 46.4. The van der Waals surface area contributed by atoms with Crippen LogP contribution < -0.4 is 0 Å². The first-order chi connectivity index (χ1) is 6.11. The topological polar surface area (TPSA) is 101 Å². The molecule has 0 unspecified atom stereocenters. The van der Waals surface area contributed by atoms with Crippen molar-refractivity contribution in [2.75, 3.05) is 13.2 Å². The summed E-state index contributed by atoms with van der Waals surface area (Å²) in [7, 11) is 0. The Morgan fingerprint density at radius 1 is 0.923 bits per heavy atom. The highest BCUT2D eigenvalue weighted by Crippen LogP contribution is 2.30. The van der Waals surface area contributed by atoms with E-state index in [1.54, 1.807) is 0 Å². The summed E-state index contributed by atoms with van der Waals surface area (Å²) in [5.41, 5.74) is 0. The Bertz CT molecular complexity index is 161. The Hall–Kier alpha value is -0.200. The van der Waals surface area contributed by atoms with Crippen LogP contribution in [0.15, 0.2) is 0 Å². The zero-order valence-corrected chi connectivity index (χ0v) is 7.24. The molecule has 1 fully saturated rings. The first kappa shape index (κ1) is 10.9. The van der Waals surface area contributed by atoms with Gasteiger partial charge < -0.3 is 25.5 Å². The standard InChI is InChI=1S/C8H16O5/c9-2-4-1-6(11)8(13)7(12)5(4)3-10/h4-13H,1-3H2/t4-,5+,6-,7+,8+/m1/s1. The summed E-state index contributed by atoms with van der Waals surface area (Å²) < 4.78 is 0. The molecule has 1 aliphatic carbocycles. The number of hydrogen-bond donors (Lipinski definition) is 5.